The van der Waals surface area contributed by atoms with Crippen LogP contribution in [-0.4, -0.2) is 15.0 Å². The van der Waals surface area contributed by atoms with Crippen LogP contribution < -0.4 is 0 Å². The quantitative estimate of drug-likeness (QED) is 0.642. The summed E-state index contributed by atoms with van der Waals surface area (Å²) in [5, 5.41) is 0. The topological polar surface area (TPSA) is 51.8 Å². The Balaban J connectivity index is 2.62. The summed E-state index contributed by atoms with van der Waals surface area (Å²) in [6.07, 6.45) is 3.11. The lowest BCUT2D eigenvalue weighted by molar-refractivity contribution is 0.494. The number of nitrogens with zero attached hydrogens (tertiary/aromatic N) is 3. The molecule has 0 bridgehead atoms. The fraction of sp³-hybridized carbons (Fsp3) is 0.375. The molecule has 2 rings (SSSR count). The van der Waals surface area contributed by atoms with Crippen LogP contribution in [-0.2, 0) is 0 Å². The van der Waals surface area contributed by atoms with Crippen molar-refractivity contribution >= 4 is 11.2 Å². The Morgan fingerprint density at radius 1 is 1.42 bits per heavy atom. The molecule has 62 valence electrons. The van der Waals surface area contributed by atoms with E-state index in [0.717, 1.165) is 5.52 Å². The van der Waals surface area contributed by atoms with E-state index in [9.17, 15) is 0 Å². The minimum absolute atomic E-state index is 0.291. The number of oxazole rings is 1. The molecule has 0 amide bonds. The van der Waals surface area contributed by atoms with E-state index in [1.165, 1.54) is 6.33 Å². The van der Waals surface area contributed by atoms with Gasteiger partial charge in [0.15, 0.2) is 5.89 Å². The maximum Gasteiger partial charge on any atom is 0.250 e. The first kappa shape index (κ1) is 7.21. The van der Waals surface area contributed by atoms with Gasteiger partial charge in [0.25, 0.3) is 0 Å². The van der Waals surface area contributed by atoms with E-state index in [-0.39, 0.29) is 0 Å². The Hall–Kier alpha value is -1.45. The summed E-state index contributed by atoms with van der Waals surface area (Å²) in [7, 11) is 0. The SMILES string of the molecule is CC(C)c1nc2cncnc2o1. The third-order valence-corrected chi connectivity index (χ3v) is 1.58. The van der Waals surface area contributed by atoms with Crippen molar-refractivity contribution in [3.8, 4) is 0 Å². The second kappa shape index (κ2) is 2.55. The molecule has 0 atom stereocenters. The van der Waals surface area contributed by atoms with Gasteiger partial charge in [0, 0.05) is 5.92 Å². The summed E-state index contributed by atoms with van der Waals surface area (Å²) in [6, 6.07) is 0. The van der Waals surface area contributed by atoms with Crippen LogP contribution in [0.3, 0.4) is 0 Å². The van der Waals surface area contributed by atoms with E-state index in [1.54, 1.807) is 6.20 Å². The number of fused-ring (bicyclic) bond motifs is 1. The molecule has 0 aliphatic rings. The van der Waals surface area contributed by atoms with Crippen LogP contribution in [0.2, 0.25) is 0 Å². The molecule has 0 radical (unpaired) electrons. The van der Waals surface area contributed by atoms with E-state index < -0.39 is 0 Å². The molecule has 2 heterocycles. The largest absolute Gasteiger partial charge is 0.422 e. The molecule has 0 unspecified atom stereocenters. The van der Waals surface area contributed by atoms with Crippen molar-refractivity contribution in [3.63, 3.8) is 0 Å². The van der Waals surface area contributed by atoms with Gasteiger partial charge in [0.1, 0.15) is 11.8 Å². The standard InChI is InChI=1S/C8H9N3O/c1-5(2)7-11-6-3-9-4-10-8(6)12-7/h3-5H,1-2H3. The van der Waals surface area contributed by atoms with Crippen LogP contribution in [0, 0.1) is 0 Å². The normalized spacial score (nSPS) is 11.2. The van der Waals surface area contributed by atoms with Gasteiger partial charge >= 0.3 is 0 Å². The van der Waals surface area contributed by atoms with Gasteiger partial charge in [0.2, 0.25) is 5.71 Å². The Bertz CT molecular complexity index is 361. The first-order chi connectivity index (χ1) is 5.77. The molecular formula is C8H9N3O. The highest BCUT2D eigenvalue weighted by atomic mass is 16.4. The van der Waals surface area contributed by atoms with Gasteiger partial charge in [-0.2, -0.15) is 4.98 Å². The molecule has 4 nitrogen and oxygen atoms in total. The van der Waals surface area contributed by atoms with Crippen molar-refractivity contribution in [1.82, 2.24) is 15.0 Å². The molecule has 0 aliphatic heterocycles. The summed E-state index contributed by atoms with van der Waals surface area (Å²) in [4.78, 5) is 12.0. The fourth-order valence-corrected chi connectivity index (χ4v) is 0.954. The maximum atomic E-state index is 5.37. The first-order valence-corrected chi connectivity index (χ1v) is 3.84. The van der Waals surface area contributed by atoms with Crippen molar-refractivity contribution in [2.75, 3.05) is 0 Å². The van der Waals surface area contributed by atoms with Gasteiger partial charge in [-0.3, -0.25) is 0 Å². The minimum atomic E-state index is 0.291. The van der Waals surface area contributed by atoms with Gasteiger partial charge < -0.3 is 4.42 Å². The third-order valence-electron chi connectivity index (χ3n) is 1.58. The number of hydrogen-bond acceptors (Lipinski definition) is 4. The number of aromatic nitrogens is 3. The van der Waals surface area contributed by atoms with Crippen LogP contribution in [0.15, 0.2) is 16.9 Å². The van der Waals surface area contributed by atoms with E-state index in [0.29, 0.717) is 17.5 Å². The Labute approximate surface area is 69.7 Å². The minimum Gasteiger partial charge on any atom is -0.422 e. The van der Waals surface area contributed by atoms with Gasteiger partial charge in [0.05, 0.1) is 6.20 Å². The van der Waals surface area contributed by atoms with Crippen molar-refractivity contribution in [2.24, 2.45) is 0 Å². The van der Waals surface area contributed by atoms with E-state index in [1.807, 2.05) is 13.8 Å². The lowest BCUT2D eigenvalue weighted by Crippen LogP contribution is -1.84. The molecule has 0 N–H and O–H groups in total. The van der Waals surface area contributed by atoms with E-state index in [4.69, 9.17) is 4.42 Å². The zero-order chi connectivity index (χ0) is 8.55. The van der Waals surface area contributed by atoms with Crippen LogP contribution in [0.4, 0.5) is 0 Å². The monoisotopic (exact) mass is 163 g/mol. The predicted molar refractivity (Wildman–Crippen MR) is 43.7 cm³/mol. The molecule has 2 aromatic rings. The Morgan fingerprint density at radius 2 is 2.25 bits per heavy atom. The Morgan fingerprint density at radius 3 is 2.92 bits per heavy atom. The molecule has 2 aromatic heterocycles. The van der Waals surface area contributed by atoms with Gasteiger partial charge in [-0.05, 0) is 0 Å². The molecule has 0 saturated heterocycles. The van der Waals surface area contributed by atoms with Crippen molar-refractivity contribution in [1.29, 1.82) is 0 Å². The number of hydrogen-bond donors (Lipinski definition) is 0. The Kier molecular flexibility index (Phi) is 1.53. The first-order valence-electron chi connectivity index (χ1n) is 3.84. The molecule has 0 spiro atoms. The zero-order valence-corrected chi connectivity index (χ0v) is 6.98. The van der Waals surface area contributed by atoms with Crippen LogP contribution >= 0.6 is 0 Å². The predicted octanol–water partition coefficient (Wildman–Crippen LogP) is 1.74. The second-order valence-electron chi connectivity index (χ2n) is 2.92. The molecule has 0 aliphatic carbocycles. The van der Waals surface area contributed by atoms with Crippen LogP contribution in [0.25, 0.3) is 11.2 Å². The van der Waals surface area contributed by atoms with E-state index >= 15 is 0 Å². The summed E-state index contributed by atoms with van der Waals surface area (Å²) >= 11 is 0. The van der Waals surface area contributed by atoms with Crippen molar-refractivity contribution in [3.05, 3.63) is 18.4 Å². The average Bonchev–Trinajstić information content (AvgIpc) is 2.46. The lowest BCUT2D eigenvalue weighted by atomic mass is 10.2. The molecular weight excluding hydrogens is 154 g/mol. The number of rotatable bonds is 1. The van der Waals surface area contributed by atoms with E-state index in [2.05, 4.69) is 15.0 Å². The van der Waals surface area contributed by atoms with Crippen molar-refractivity contribution in [2.45, 2.75) is 19.8 Å². The average molecular weight is 163 g/mol. The summed E-state index contributed by atoms with van der Waals surface area (Å²) in [6.45, 7) is 4.05. The molecule has 0 saturated carbocycles. The smallest absolute Gasteiger partial charge is 0.250 e. The fourth-order valence-electron chi connectivity index (χ4n) is 0.954. The summed E-state index contributed by atoms with van der Waals surface area (Å²) < 4.78 is 5.37. The summed E-state index contributed by atoms with van der Waals surface area (Å²) in [5.74, 6) is 1.00. The lowest BCUT2D eigenvalue weighted by Gasteiger charge is -1.93. The van der Waals surface area contributed by atoms with Crippen LogP contribution in [0.5, 0.6) is 0 Å². The van der Waals surface area contributed by atoms with Crippen LogP contribution in [0.1, 0.15) is 25.7 Å². The molecule has 0 fully saturated rings. The highest BCUT2D eigenvalue weighted by Crippen LogP contribution is 2.17. The van der Waals surface area contributed by atoms with Gasteiger partial charge in [-0.15, -0.1) is 0 Å². The third kappa shape index (κ3) is 1.05. The summed E-state index contributed by atoms with van der Waals surface area (Å²) in [5.41, 5.74) is 1.29. The highest BCUT2D eigenvalue weighted by molar-refractivity contribution is 5.65. The second-order valence-corrected chi connectivity index (χ2v) is 2.92. The molecule has 0 aromatic carbocycles. The zero-order valence-electron chi connectivity index (χ0n) is 6.98. The highest BCUT2D eigenvalue weighted by Gasteiger charge is 2.08. The van der Waals surface area contributed by atoms with Gasteiger partial charge in [-0.25, -0.2) is 9.97 Å². The van der Waals surface area contributed by atoms with Gasteiger partial charge in [-0.1, -0.05) is 13.8 Å². The maximum absolute atomic E-state index is 5.37. The molecule has 4 heteroatoms. The molecule has 12 heavy (non-hydrogen) atoms. The van der Waals surface area contributed by atoms with Crippen molar-refractivity contribution < 1.29 is 4.42 Å².